The van der Waals surface area contributed by atoms with E-state index in [1.165, 1.54) is 4.88 Å². The molecule has 0 radical (unpaired) electrons. The minimum absolute atomic E-state index is 0.919. The van der Waals surface area contributed by atoms with Crippen LogP contribution in [0.3, 0.4) is 0 Å². The summed E-state index contributed by atoms with van der Waals surface area (Å²) in [5.41, 5.74) is 0. The van der Waals surface area contributed by atoms with Gasteiger partial charge in [-0.2, -0.15) is 12.6 Å². The summed E-state index contributed by atoms with van der Waals surface area (Å²) >= 11 is 5.63. The molecule has 0 amide bonds. The van der Waals surface area contributed by atoms with Gasteiger partial charge in [0.05, 0.1) is 0 Å². The maximum absolute atomic E-state index is 4.09. The second kappa shape index (κ2) is 3.10. The molecular weight excluding hydrogens is 138 g/mol. The zero-order valence-electron chi connectivity index (χ0n) is 4.37. The first kappa shape index (κ1) is 6.11. The van der Waals surface area contributed by atoms with Gasteiger partial charge in [-0.25, -0.2) is 4.37 Å². The quantitative estimate of drug-likeness (QED) is 0.624. The van der Waals surface area contributed by atoms with Gasteiger partial charge in [0.15, 0.2) is 0 Å². The lowest BCUT2D eigenvalue weighted by atomic mass is 10.4. The average Bonchev–Trinajstić information content (AvgIpc) is 2.19. The largest absolute Gasteiger partial charge is 0.201 e. The molecule has 0 aliphatic rings. The van der Waals surface area contributed by atoms with Gasteiger partial charge < -0.3 is 0 Å². The van der Waals surface area contributed by atoms with E-state index in [1.54, 1.807) is 11.5 Å². The molecule has 1 heterocycles. The molecule has 0 unspecified atom stereocenters. The van der Waals surface area contributed by atoms with E-state index in [4.69, 9.17) is 0 Å². The molecule has 1 aromatic heterocycles. The zero-order chi connectivity index (χ0) is 5.82. The van der Waals surface area contributed by atoms with Crippen LogP contribution in [0.2, 0.25) is 0 Å². The summed E-state index contributed by atoms with van der Waals surface area (Å²) < 4.78 is 3.95. The molecular formula is C5H7NS2. The molecule has 0 atom stereocenters. The highest BCUT2D eigenvalue weighted by Crippen LogP contribution is 2.04. The van der Waals surface area contributed by atoms with Gasteiger partial charge in [0.25, 0.3) is 0 Å². The topological polar surface area (TPSA) is 12.9 Å². The fourth-order valence-corrected chi connectivity index (χ4v) is 1.45. The predicted octanol–water partition coefficient (Wildman–Crippen LogP) is 1.62. The molecule has 0 saturated carbocycles. The van der Waals surface area contributed by atoms with Crippen molar-refractivity contribution in [3.05, 3.63) is 17.1 Å². The van der Waals surface area contributed by atoms with Crippen LogP contribution in [-0.2, 0) is 6.42 Å². The van der Waals surface area contributed by atoms with Crippen LogP contribution in [0.15, 0.2) is 12.3 Å². The maximum atomic E-state index is 4.09. The Morgan fingerprint density at radius 1 is 1.75 bits per heavy atom. The Morgan fingerprint density at radius 3 is 3.12 bits per heavy atom. The fraction of sp³-hybridized carbons (Fsp3) is 0.400. The monoisotopic (exact) mass is 145 g/mol. The highest BCUT2D eigenvalue weighted by molar-refractivity contribution is 7.80. The Labute approximate surface area is 58.3 Å². The second-order valence-electron chi connectivity index (χ2n) is 1.45. The summed E-state index contributed by atoms with van der Waals surface area (Å²) in [5.74, 6) is 0.919. The van der Waals surface area contributed by atoms with Crippen LogP contribution in [0.5, 0.6) is 0 Å². The lowest BCUT2D eigenvalue weighted by Crippen LogP contribution is -1.76. The van der Waals surface area contributed by atoms with E-state index in [0.29, 0.717) is 0 Å². The van der Waals surface area contributed by atoms with Crippen molar-refractivity contribution in [2.24, 2.45) is 0 Å². The smallest absolute Gasteiger partial charge is 0.0409 e. The van der Waals surface area contributed by atoms with Crippen LogP contribution in [-0.4, -0.2) is 10.1 Å². The Morgan fingerprint density at radius 2 is 2.62 bits per heavy atom. The summed E-state index contributed by atoms with van der Waals surface area (Å²) in [7, 11) is 0. The summed E-state index contributed by atoms with van der Waals surface area (Å²) in [4.78, 5) is 1.32. The number of aryl methyl sites for hydroxylation is 1. The molecule has 0 fully saturated rings. The average molecular weight is 145 g/mol. The molecule has 0 aromatic carbocycles. The molecule has 0 spiro atoms. The summed E-state index contributed by atoms with van der Waals surface area (Å²) in [6.07, 6.45) is 2.87. The van der Waals surface area contributed by atoms with Gasteiger partial charge in [-0.1, -0.05) is 0 Å². The Hall–Kier alpha value is -0.0200. The van der Waals surface area contributed by atoms with Crippen molar-refractivity contribution >= 4 is 24.2 Å². The number of rotatable bonds is 2. The molecule has 0 N–H and O–H groups in total. The van der Waals surface area contributed by atoms with Crippen molar-refractivity contribution in [3.8, 4) is 0 Å². The van der Waals surface area contributed by atoms with E-state index in [-0.39, 0.29) is 0 Å². The molecule has 1 aromatic rings. The highest BCUT2D eigenvalue weighted by Gasteiger charge is 1.88. The Bertz CT molecular complexity index is 136. The zero-order valence-corrected chi connectivity index (χ0v) is 6.08. The van der Waals surface area contributed by atoms with Crippen LogP contribution in [0.4, 0.5) is 0 Å². The molecule has 1 rings (SSSR count). The lowest BCUT2D eigenvalue weighted by molar-refractivity contribution is 1.21. The Balaban J connectivity index is 2.50. The van der Waals surface area contributed by atoms with Crippen molar-refractivity contribution in [2.45, 2.75) is 6.42 Å². The maximum Gasteiger partial charge on any atom is 0.0409 e. The number of nitrogens with zero attached hydrogens (tertiary/aromatic N) is 1. The molecule has 0 aliphatic carbocycles. The van der Waals surface area contributed by atoms with Gasteiger partial charge in [-0.3, -0.25) is 0 Å². The van der Waals surface area contributed by atoms with Crippen LogP contribution >= 0.6 is 24.2 Å². The minimum atomic E-state index is 0.919. The van der Waals surface area contributed by atoms with Crippen LogP contribution < -0.4 is 0 Å². The molecule has 44 valence electrons. The molecule has 3 heteroatoms. The van der Waals surface area contributed by atoms with E-state index in [9.17, 15) is 0 Å². The standard InChI is InChI=1S/C5H7NS2/c7-4-2-5-1-3-6-8-5/h1,3,7H,2,4H2. The van der Waals surface area contributed by atoms with Crippen LogP contribution in [0, 0.1) is 0 Å². The van der Waals surface area contributed by atoms with E-state index < -0.39 is 0 Å². The SMILES string of the molecule is SCCc1ccns1. The van der Waals surface area contributed by atoms with Gasteiger partial charge in [0, 0.05) is 11.1 Å². The Kier molecular flexibility index (Phi) is 2.36. The van der Waals surface area contributed by atoms with Crippen molar-refractivity contribution in [1.82, 2.24) is 4.37 Å². The molecule has 1 nitrogen and oxygen atoms in total. The third-order valence-electron chi connectivity index (χ3n) is 0.849. The minimum Gasteiger partial charge on any atom is -0.201 e. The number of thiol groups is 1. The number of aromatic nitrogens is 1. The van der Waals surface area contributed by atoms with E-state index in [2.05, 4.69) is 17.0 Å². The highest BCUT2D eigenvalue weighted by atomic mass is 32.1. The van der Waals surface area contributed by atoms with E-state index >= 15 is 0 Å². The van der Waals surface area contributed by atoms with Gasteiger partial charge in [0.2, 0.25) is 0 Å². The third kappa shape index (κ3) is 1.49. The second-order valence-corrected chi connectivity index (χ2v) is 2.82. The van der Waals surface area contributed by atoms with Crippen molar-refractivity contribution < 1.29 is 0 Å². The number of hydrogen-bond donors (Lipinski definition) is 1. The summed E-state index contributed by atoms with van der Waals surface area (Å²) in [6.45, 7) is 0. The first-order valence-corrected chi connectivity index (χ1v) is 3.84. The normalized spacial score (nSPS) is 9.62. The van der Waals surface area contributed by atoms with Crippen molar-refractivity contribution in [1.29, 1.82) is 0 Å². The number of hydrogen-bond acceptors (Lipinski definition) is 3. The summed E-state index contributed by atoms with van der Waals surface area (Å²) in [5, 5.41) is 0. The molecule has 0 bridgehead atoms. The van der Waals surface area contributed by atoms with Gasteiger partial charge >= 0.3 is 0 Å². The van der Waals surface area contributed by atoms with Gasteiger partial charge in [-0.05, 0) is 29.8 Å². The first-order chi connectivity index (χ1) is 3.93. The van der Waals surface area contributed by atoms with E-state index in [1.807, 2.05) is 12.3 Å². The third-order valence-corrected chi connectivity index (χ3v) is 1.87. The fourth-order valence-electron chi connectivity index (χ4n) is 0.481. The molecule has 8 heavy (non-hydrogen) atoms. The van der Waals surface area contributed by atoms with Crippen LogP contribution in [0.1, 0.15) is 4.88 Å². The molecule has 0 aliphatic heterocycles. The van der Waals surface area contributed by atoms with Crippen molar-refractivity contribution in [3.63, 3.8) is 0 Å². The van der Waals surface area contributed by atoms with Gasteiger partial charge in [-0.15, -0.1) is 0 Å². The lowest BCUT2D eigenvalue weighted by Gasteiger charge is -1.83. The van der Waals surface area contributed by atoms with Crippen molar-refractivity contribution in [2.75, 3.05) is 5.75 Å². The molecule has 0 saturated heterocycles. The first-order valence-electron chi connectivity index (χ1n) is 2.44. The van der Waals surface area contributed by atoms with Crippen LogP contribution in [0.25, 0.3) is 0 Å². The van der Waals surface area contributed by atoms with Gasteiger partial charge in [0.1, 0.15) is 0 Å². The summed E-state index contributed by atoms with van der Waals surface area (Å²) in [6, 6.07) is 2.03. The van der Waals surface area contributed by atoms with E-state index in [0.717, 1.165) is 12.2 Å². The predicted molar refractivity (Wildman–Crippen MR) is 39.7 cm³/mol.